The van der Waals surface area contributed by atoms with E-state index in [0.717, 1.165) is 47.9 Å². The molecule has 1 aromatic rings. The first kappa shape index (κ1) is 16.5. The fourth-order valence-electron chi connectivity index (χ4n) is 3.77. The molecule has 2 rings (SSSR count). The molecular weight excluding hydrogens is 279 g/mol. The van der Waals surface area contributed by atoms with E-state index in [0.29, 0.717) is 6.16 Å². The Kier molecular flexibility index (Phi) is 5.09. The fraction of sp³-hybridized carbons (Fsp3) is 0.611. The Morgan fingerprint density at radius 2 is 1.62 bits per heavy atom. The largest absolute Gasteiger partial charge is 0.315 e. The number of aryl methyl sites for hydroxylation is 3. The Labute approximate surface area is 128 Å². The van der Waals surface area contributed by atoms with E-state index in [1.165, 1.54) is 6.42 Å². The summed E-state index contributed by atoms with van der Waals surface area (Å²) in [4.78, 5) is 13.1. The van der Waals surface area contributed by atoms with Crippen molar-refractivity contribution in [2.45, 2.75) is 65.5 Å². The van der Waals surface area contributed by atoms with Gasteiger partial charge in [-0.25, -0.2) is 0 Å². The molecule has 1 aromatic carbocycles. The van der Waals surface area contributed by atoms with Crippen molar-refractivity contribution in [2.75, 3.05) is 6.16 Å². The maximum Gasteiger partial charge on any atom is 0.222 e. The molecule has 0 amide bonds. The average Bonchev–Trinajstić information content (AvgIpc) is 2.46. The van der Waals surface area contributed by atoms with Crippen molar-refractivity contribution in [1.82, 2.24) is 0 Å². The van der Waals surface area contributed by atoms with Crippen LogP contribution in [0.1, 0.15) is 66.1 Å². The molecule has 0 N–H and O–H groups in total. The Balaban J connectivity index is 2.43. The van der Waals surface area contributed by atoms with Crippen molar-refractivity contribution in [2.24, 2.45) is 0 Å². The minimum absolute atomic E-state index is 0.0631. The van der Waals surface area contributed by atoms with E-state index in [2.05, 4.69) is 0 Å². The van der Waals surface area contributed by atoms with Crippen molar-refractivity contribution >= 4 is 12.7 Å². The quantitative estimate of drug-likeness (QED) is 0.691. The van der Waals surface area contributed by atoms with Crippen molar-refractivity contribution in [3.63, 3.8) is 0 Å². The van der Waals surface area contributed by atoms with Crippen LogP contribution in [0.4, 0.5) is 0 Å². The molecular formula is C18H27O2P. The smallest absolute Gasteiger partial charge is 0.222 e. The van der Waals surface area contributed by atoms with Crippen LogP contribution in [0.5, 0.6) is 0 Å². The Morgan fingerprint density at radius 1 is 1.10 bits per heavy atom. The zero-order chi connectivity index (χ0) is 15.6. The summed E-state index contributed by atoms with van der Waals surface area (Å²) in [6, 6.07) is 4.06. The third kappa shape index (κ3) is 3.16. The third-order valence-corrected chi connectivity index (χ3v) is 8.42. The van der Waals surface area contributed by atoms with Crippen molar-refractivity contribution in [1.29, 1.82) is 0 Å². The van der Waals surface area contributed by atoms with Crippen molar-refractivity contribution in [3.05, 3.63) is 34.4 Å². The average molecular weight is 306 g/mol. The molecule has 0 heterocycles. The molecule has 2 nitrogen and oxygen atoms in total. The van der Waals surface area contributed by atoms with Crippen LogP contribution in [0.2, 0.25) is 0 Å². The second kappa shape index (κ2) is 6.48. The van der Waals surface area contributed by atoms with Gasteiger partial charge in [-0.15, -0.1) is 0 Å². The molecule has 1 saturated carbocycles. The highest BCUT2D eigenvalue weighted by Crippen LogP contribution is 2.58. The topological polar surface area (TPSA) is 34.1 Å². The van der Waals surface area contributed by atoms with Gasteiger partial charge in [-0.3, -0.25) is 4.79 Å². The Bertz CT molecular complexity index is 560. The molecule has 1 aliphatic carbocycles. The van der Waals surface area contributed by atoms with Crippen LogP contribution < -0.4 is 0 Å². The van der Waals surface area contributed by atoms with Crippen LogP contribution in [0, 0.1) is 20.8 Å². The zero-order valence-electron chi connectivity index (χ0n) is 13.7. The standard InChI is InChI=1S/C18H27O2P/c1-5-21(20,16-9-7-6-8-10-16)18(19)17-14(3)11-13(2)12-15(17)4/h11-12,16H,5-10H2,1-4H3. The summed E-state index contributed by atoms with van der Waals surface area (Å²) < 4.78 is 13.5. The lowest BCUT2D eigenvalue weighted by Crippen LogP contribution is -2.21. The maximum absolute atomic E-state index is 13.5. The van der Waals surface area contributed by atoms with Gasteiger partial charge < -0.3 is 4.57 Å². The maximum atomic E-state index is 13.5. The predicted molar refractivity (Wildman–Crippen MR) is 90.0 cm³/mol. The van der Waals surface area contributed by atoms with E-state index in [1.54, 1.807) is 0 Å². The highest BCUT2D eigenvalue weighted by molar-refractivity contribution is 7.81. The van der Waals surface area contributed by atoms with Crippen LogP contribution in [0.25, 0.3) is 0 Å². The predicted octanol–water partition coefficient (Wildman–Crippen LogP) is 5.47. The highest BCUT2D eigenvalue weighted by Gasteiger charge is 2.40. The van der Waals surface area contributed by atoms with Gasteiger partial charge in [-0.05, 0) is 44.7 Å². The second-order valence-electron chi connectivity index (χ2n) is 6.48. The molecule has 0 radical (unpaired) electrons. The lowest BCUT2D eigenvalue weighted by atomic mass is 10.0. The molecule has 116 valence electrons. The number of carbonyl (C=O) groups is 1. The molecule has 0 aromatic heterocycles. The first-order valence-electron chi connectivity index (χ1n) is 8.11. The Morgan fingerprint density at radius 3 is 2.10 bits per heavy atom. The van der Waals surface area contributed by atoms with Crippen LogP contribution in [-0.2, 0) is 4.57 Å². The summed E-state index contributed by atoms with van der Waals surface area (Å²) >= 11 is 0. The van der Waals surface area contributed by atoms with Gasteiger partial charge in [0.2, 0.25) is 5.52 Å². The fourth-order valence-corrected chi connectivity index (χ4v) is 6.84. The highest BCUT2D eigenvalue weighted by atomic mass is 31.2. The molecule has 1 fully saturated rings. The first-order chi connectivity index (χ1) is 9.90. The molecule has 21 heavy (non-hydrogen) atoms. The van der Waals surface area contributed by atoms with Gasteiger partial charge in [0.1, 0.15) is 0 Å². The van der Waals surface area contributed by atoms with E-state index >= 15 is 0 Å². The van der Waals surface area contributed by atoms with Gasteiger partial charge in [-0.1, -0.05) is 43.9 Å². The Hall–Kier alpha value is -0.880. The van der Waals surface area contributed by atoms with E-state index in [1.807, 2.05) is 39.8 Å². The number of hydrogen-bond donors (Lipinski definition) is 0. The lowest BCUT2D eigenvalue weighted by molar-refractivity contribution is 0.107. The summed E-state index contributed by atoms with van der Waals surface area (Å²) in [5.74, 6) is 0. The molecule has 1 aliphatic rings. The minimum atomic E-state index is -2.80. The molecule has 3 heteroatoms. The summed E-state index contributed by atoms with van der Waals surface area (Å²) in [5, 5.41) is 0. The summed E-state index contributed by atoms with van der Waals surface area (Å²) in [7, 11) is -2.80. The van der Waals surface area contributed by atoms with E-state index < -0.39 is 7.14 Å². The molecule has 1 atom stereocenters. The van der Waals surface area contributed by atoms with Gasteiger partial charge in [0, 0.05) is 17.4 Å². The first-order valence-corrected chi connectivity index (χ1v) is 10.1. The SMILES string of the molecule is CCP(=O)(C(=O)c1c(C)cc(C)cc1C)C1CCCCC1. The van der Waals surface area contributed by atoms with Gasteiger partial charge >= 0.3 is 0 Å². The van der Waals surface area contributed by atoms with Crippen molar-refractivity contribution in [3.8, 4) is 0 Å². The molecule has 0 aliphatic heterocycles. The summed E-state index contributed by atoms with van der Waals surface area (Å²) in [5.41, 5.74) is 3.88. The van der Waals surface area contributed by atoms with E-state index in [4.69, 9.17) is 0 Å². The number of hydrogen-bond acceptors (Lipinski definition) is 2. The number of carbonyl (C=O) groups excluding carboxylic acids is 1. The van der Waals surface area contributed by atoms with Gasteiger partial charge in [0.25, 0.3) is 0 Å². The van der Waals surface area contributed by atoms with Crippen LogP contribution in [0.15, 0.2) is 12.1 Å². The number of benzene rings is 1. The molecule has 0 saturated heterocycles. The van der Waals surface area contributed by atoms with Crippen LogP contribution in [-0.4, -0.2) is 17.3 Å². The van der Waals surface area contributed by atoms with Crippen LogP contribution >= 0.6 is 7.14 Å². The summed E-state index contributed by atoms with van der Waals surface area (Å²) in [6.45, 7) is 7.89. The zero-order valence-corrected chi connectivity index (χ0v) is 14.6. The second-order valence-corrected chi connectivity index (χ2v) is 9.84. The lowest BCUT2D eigenvalue weighted by Gasteiger charge is -2.29. The van der Waals surface area contributed by atoms with E-state index in [9.17, 15) is 9.36 Å². The van der Waals surface area contributed by atoms with Gasteiger partial charge in [-0.2, -0.15) is 0 Å². The molecule has 1 unspecified atom stereocenters. The monoisotopic (exact) mass is 306 g/mol. The normalized spacial score (nSPS) is 19.2. The van der Waals surface area contributed by atoms with Gasteiger partial charge in [0.05, 0.1) is 0 Å². The molecule has 0 spiro atoms. The van der Waals surface area contributed by atoms with Crippen LogP contribution in [0.3, 0.4) is 0 Å². The van der Waals surface area contributed by atoms with Crippen molar-refractivity contribution < 1.29 is 9.36 Å². The third-order valence-electron chi connectivity index (χ3n) is 4.87. The van der Waals surface area contributed by atoms with Gasteiger partial charge in [0.15, 0.2) is 7.14 Å². The summed E-state index contributed by atoms with van der Waals surface area (Å²) in [6.07, 6.45) is 5.88. The van der Waals surface area contributed by atoms with E-state index in [-0.39, 0.29) is 11.2 Å². The minimum Gasteiger partial charge on any atom is -0.315 e. The molecule has 0 bridgehead atoms. The number of rotatable bonds is 4.